The zero-order valence-corrected chi connectivity index (χ0v) is 14.7. The predicted octanol–water partition coefficient (Wildman–Crippen LogP) is 3.25. The smallest absolute Gasteiger partial charge is 0.419 e. The zero-order valence-electron chi connectivity index (χ0n) is 14.7. The van der Waals surface area contributed by atoms with E-state index in [2.05, 4.69) is 0 Å². The molecular formula is C18H24N2O4. The van der Waals surface area contributed by atoms with Gasteiger partial charge in [-0.3, -0.25) is 4.57 Å². The van der Waals surface area contributed by atoms with Gasteiger partial charge in [-0.2, -0.15) is 0 Å². The quantitative estimate of drug-likeness (QED) is 0.804. The number of rotatable bonds is 1. The number of ether oxygens (including phenoxy) is 1. The summed E-state index contributed by atoms with van der Waals surface area (Å²) < 4.78 is 12.1. The number of aromatic nitrogens is 1. The van der Waals surface area contributed by atoms with E-state index in [4.69, 9.17) is 9.15 Å². The number of hydrogen-bond acceptors (Lipinski definition) is 4. The number of oxazole rings is 1. The number of aryl methyl sites for hydroxylation is 1. The van der Waals surface area contributed by atoms with Gasteiger partial charge in [0.1, 0.15) is 5.60 Å². The molecule has 1 aliphatic heterocycles. The third kappa shape index (κ3) is 3.32. The molecule has 0 bridgehead atoms. The van der Waals surface area contributed by atoms with Gasteiger partial charge in [-0.1, -0.05) is 6.07 Å². The molecular weight excluding hydrogens is 308 g/mol. The largest absolute Gasteiger partial charge is 0.444 e. The van der Waals surface area contributed by atoms with Crippen molar-refractivity contribution < 1.29 is 13.9 Å². The van der Waals surface area contributed by atoms with Crippen LogP contribution >= 0.6 is 0 Å². The van der Waals surface area contributed by atoms with Crippen LogP contribution in [0.25, 0.3) is 11.1 Å². The van der Waals surface area contributed by atoms with Crippen molar-refractivity contribution in [3.63, 3.8) is 0 Å². The molecule has 2 aromatic rings. The summed E-state index contributed by atoms with van der Waals surface area (Å²) >= 11 is 0. The Morgan fingerprint density at radius 3 is 2.54 bits per heavy atom. The van der Waals surface area contributed by atoms with Crippen molar-refractivity contribution in [2.24, 2.45) is 7.05 Å². The second-order valence-corrected chi connectivity index (χ2v) is 7.40. The Morgan fingerprint density at radius 2 is 1.92 bits per heavy atom. The summed E-state index contributed by atoms with van der Waals surface area (Å²) in [7, 11) is 1.71. The van der Waals surface area contributed by atoms with Crippen LogP contribution in [-0.4, -0.2) is 34.3 Å². The normalized spacial score (nSPS) is 16.6. The van der Waals surface area contributed by atoms with E-state index in [1.807, 2.05) is 39.0 Å². The van der Waals surface area contributed by atoms with E-state index >= 15 is 0 Å². The highest BCUT2D eigenvalue weighted by molar-refractivity contribution is 5.74. The molecule has 2 heterocycles. The van der Waals surface area contributed by atoms with Gasteiger partial charge in [-0.15, -0.1) is 0 Å². The monoisotopic (exact) mass is 332 g/mol. The summed E-state index contributed by atoms with van der Waals surface area (Å²) in [5.41, 5.74) is 2.14. The van der Waals surface area contributed by atoms with E-state index in [0.717, 1.165) is 18.4 Å². The molecule has 1 saturated heterocycles. The third-order valence-corrected chi connectivity index (χ3v) is 4.43. The first-order valence-electron chi connectivity index (χ1n) is 8.32. The minimum Gasteiger partial charge on any atom is -0.444 e. The maximum absolute atomic E-state index is 12.1. The van der Waals surface area contributed by atoms with Gasteiger partial charge in [-0.25, -0.2) is 9.59 Å². The van der Waals surface area contributed by atoms with Gasteiger partial charge in [-0.05, 0) is 57.2 Å². The Bertz CT molecular complexity index is 805. The van der Waals surface area contributed by atoms with Crippen LogP contribution in [0, 0.1) is 0 Å². The van der Waals surface area contributed by atoms with Crippen molar-refractivity contribution in [2.45, 2.75) is 45.1 Å². The van der Waals surface area contributed by atoms with Gasteiger partial charge < -0.3 is 14.1 Å². The molecule has 1 fully saturated rings. The van der Waals surface area contributed by atoms with Gasteiger partial charge in [0.2, 0.25) is 0 Å². The van der Waals surface area contributed by atoms with Crippen molar-refractivity contribution in [1.29, 1.82) is 0 Å². The minimum atomic E-state index is -0.467. The van der Waals surface area contributed by atoms with E-state index in [0.29, 0.717) is 24.6 Å². The molecule has 1 aromatic carbocycles. The molecule has 6 heteroatoms. The molecule has 1 aliphatic rings. The fourth-order valence-electron chi connectivity index (χ4n) is 3.12. The summed E-state index contributed by atoms with van der Waals surface area (Å²) in [6, 6.07) is 5.89. The number of likely N-dealkylation sites (tertiary alicyclic amines) is 1. The molecule has 0 N–H and O–H groups in total. The van der Waals surface area contributed by atoms with Crippen molar-refractivity contribution in [3.05, 3.63) is 34.3 Å². The van der Waals surface area contributed by atoms with Crippen LogP contribution in [-0.2, 0) is 11.8 Å². The summed E-state index contributed by atoms with van der Waals surface area (Å²) in [5, 5.41) is 0. The Balaban J connectivity index is 1.69. The highest BCUT2D eigenvalue weighted by Gasteiger charge is 2.27. The van der Waals surface area contributed by atoms with E-state index in [1.165, 1.54) is 10.1 Å². The first-order chi connectivity index (χ1) is 11.2. The molecule has 0 radical (unpaired) electrons. The number of fused-ring (bicyclic) bond motifs is 1. The molecule has 3 rings (SSSR count). The number of piperidine rings is 1. The molecule has 0 spiro atoms. The van der Waals surface area contributed by atoms with Crippen molar-refractivity contribution in [2.75, 3.05) is 13.1 Å². The van der Waals surface area contributed by atoms with Crippen LogP contribution in [0.2, 0.25) is 0 Å². The first-order valence-corrected chi connectivity index (χ1v) is 8.32. The van der Waals surface area contributed by atoms with Gasteiger partial charge in [0.25, 0.3) is 0 Å². The molecule has 0 saturated carbocycles. The second kappa shape index (κ2) is 6.00. The summed E-state index contributed by atoms with van der Waals surface area (Å²) in [6.07, 6.45) is 1.53. The van der Waals surface area contributed by atoms with E-state index in [-0.39, 0.29) is 11.8 Å². The highest BCUT2D eigenvalue weighted by atomic mass is 16.6. The Morgan fingerprint density at radius 1 is 1.25 bits per heavy atom. The van der Waals surface area contributed by atoms with Gasteiger partial charge in [0.15, 0.2) is 5.58 Å². The number of hydrogen-bond donors (Lipinski definition) is 0. The molecule has 6 nitrogen and oxygen atoms in total. The van der Waals surface area contributed by atoms with Crippen LogP contribution in [0.5, 0.6) is 0 Å². The van der Waals surface area contributed by atoms with Crippen molar-refractivity contribution in [1.82, 2.24) is 9.47 Å². The average molecular weight is 332 g/mol. The topological polar surface area (TPSA) is 64.7 Å². The number of nitrogens with zero attached hydrogens (tertiary/aromatic N) is 2. The molecule has 1 aromatic heterocycles. The third-order valence-electron chi connectivity index (χ3n) is 4.43. The molecule has 130 valence electrons. The van der Waals surface area contributed by atoms with Crippen LogP contribution < -0.4 is 5.76 Å². The van der Waals surface area contributed by atoms with Gasteiger partial charge in [0, 0.05) is 20.1 Å². The van der Waals surface area contributed by atoms with Crippen molar-refractivity contribution >= 4 is 17.2 Å². The molecule has 1 amide bonds. The Labute approximate surface area is 141 Å². The molecule has 0 unspecified atom stereocenters. The second-order valence-electron chi connectivity index (χ2n) is 7.40. The van der Waals surface area contributed by atoms with Crippen LogP contribution in [0.3, 0.4) is 0 Å². The lowest BCUT2D eigenvalue weighted by Crippen LogP contribution is -2.41. The lowest BCUT2D eigenvalue weighted by atomic mass is 9.89. The lowest BCUT2D eigenvalue weighted by Gasteiger charge is -2.33. The van der Waals surface area contributed by atoms with Crippen LogP contribution in [0.4, 0.5) is 4.79 Å². The number of carbonyl (C=O) groups is 1. The highest BCUT2D eigenvalue weighted by Crippen LogP contribution is 2.30. The maximum atomic E-state index is 12.1. The predicted molar refractivity (Wildman–Crippen MR) is 91.2 cm³/mol. The Kier molecular flexibility index (Phi) is 4.15. The van der Waals surface area contributed by atoms with Crippen LogP contribution in [0.15, 0.2) is 27.4 Å². The maximum Gasteiger partial charge on any atom is 0.419 e. The zero-order chi connectivity index (χ0) is 17.5. The van der Waals surface area contributed by atoms with Gasteiger partial charge in [0.05, 0.1) is 5.52 Å². The number of carbonyl (C=O) groups excluding carboxylic acids is 1. The summed E-state index contributed by atoms with van der Waals surface area (Å²) in [6.45, 7) is 7.00. The summed E-state index contributed by atoms with van der Waals surface area (Å²) in [5.74, 6) is 0.0278. The number of amides is 1. The number of benzene rings is 1. The molecule has 24 heavy (non-hydrogen) atoms. The SMILES string of the molecule is Cn1c(=O)oc2ccc(C3CCN(C(=O)OC(C)(C)C)CC3)cc21. The van der Waals surface area contributed by atoms with Crippen molar-refractivity contribution in [3.8, 4) is 0 Å². The van der Waals surface area contributed by atoms with Gasteiger partial charge >= 0.3 is 11.8 Å². The van der Waals surface area contributed by atoms with Crippen LogP contribution in [0.1, 0.15) is 45.1 Å². The first kappa shape index (κ1) is 16.6. The lowest BCUT2D eigenvalue weighted by molar-refractivity contribution is 0.0205. The van der Waals surface area contributed by atoms with E-state index < -0.39 is 5.60 Å². The standard InChI is InChI=1S/C18H24N2O4/c1-18(2,3)24-17(22)20-9-7-12(8-10-20)13-5-6-15-14(11-13)19(4)16(21)23-15/h5-6,11-12H,7-10H2,1-4H3. The average Bonchev–Trinajstić information content (AvgIpc) is 2.80. The fraction of sp³-hybridized carbons (Fsp3) is 0.556. The molecule has 0 aliphatic carbocycles. The van der Waals surface area contributed by atoms with E-state index in [9.17, 15) is 9.59 Å². The van der Waals surface area contributed by atoms with E-state index in [1.54, 1.807) is 11.9 Å². The Hall–Kier alpha value is -2.24. The molecule has 0 atom stereocenters. The fourth-order valence-corrected chi connectivity index (χ4v) is 3.12. The minimum absolute atomic E-state index is 0.242. The summed E-state index contributed by atoms with van der Waals surface area (Å²) in [4.78, 5) is 25.5.